The van der Waals surface area contributed by atoms with Crippen LogP contribution in [0.3, 0.4) is 0 Å². The van der Waals surface area contributed by atoms with Crippen LogP contribution in [0.25, 0.3) is 0 Å². The van der Waals surface area contributed by atoms with Crippen molar-refractivity contribution in [2.75, 3.05) is 0 Å². The normalized spacial score (nSPS) is 20.6. The van der Waals surface area contributed by atoms with Gasteiger partial charge in [0.25, 0.3) is 0 Å². The van der Waals surface area contributed by atoms with Crippen LogP contribution < -0.4 is 0 Å². The second-order valence-corrected chi connectivity index (χ2v) is 4.20. The molecule has 1 aliphatic rings. The molecule has 0 radical (unpaired) electrons. The molecule has 0 spiro atoms. The third-order valence-electron chi connectivity index (χ3n) is 2.79. The topological polar surface area (TPSA) is 9.23 Å². The lowest BCUT2D eigenvalue weighted by Crippen LogP contribution is -2.14. The fourth-order valence-corrected chi connectivity index (χ4v) is 1.88. The summed E-state index contributed by atoms with van der Waals surface area (Å²) < 4.78 is 43.1. The molecule has 96 valence electrons. The molecule has 1 aliphatic heterocycles. The van der Waals surface area contributed by atoms with E-state index in [4.69, 9.17) is 4.74 Å². The molecule has 1 unspecified atom stereocenters. The summed E-state index contributed by atoms with van der Waals surface area (Å²) in [5.41, 5.74) is 0.855. The molecule has 0 bridgehead atoms. The lowest BCUT2D eigenvalue weighted by molar-refractivity contribution is -0.124. The van der Waals surface area contributed by atoms with Gasteiger partial charge in [-0.2, -0.15) is 13.2 Å². The van der Waals surface area contributed by atoms with Gasteiger partial charge in [-0.05, 0) is 31.1 Å². The van der Waals surface area contributed by atoms with Crippen LogP contribution >= 0.6 is 0 Å². The Labute approximate surface area is 104 Å². The van der Waals surface area contributed by atoms with Gasteiger partial charge in [-0.15, -0.1) is 0 Å². The van der Waals surface area contributed by atoms with Crippen LogP contribution in [-0.2, 0) is 4.74 Å². The number of benzene rings is 1. The maximum absolute atomic E-state index is 12.8. The first-order chi connectivity index (χ1) is 8.47. The van der Waals surface area contributed by atoms with Crippen molar-refractivity contribution in [3.8, 4) is 0 Å². The monoisotopic (exact) mass is 254 g/mol. The van der Waals surface area contributed by atoms with E-state index in [-0.39, 0.29) is 11.7 Å². The highest BCUT2D eigenvalue weighted by Crippen LogP contribution is 2.35. The molecule has 0 saturated heterocycles. The Morgan fingerprint density at radius 3 is 2.44 bits per heavy atom. The zero-order chi connectivity index (χ0) is 13.2. The molecule has 1 heterocycles. The summed E-state index contributed by atoms with van der Waals surface area (Å²) in [4.78, 5) is 0. The second-order valence-electron chi connectivity index (χ2n) is 4.20. The van der Waals surface area contributed by atoms with E-state index in [0.29, 0.717) is 6.42 Å². The number of halogens is 3. The Balaban J connectivity index is 2.36. The molecule has 1 atom stereocenters. The van der Waals surface area contributed by atoms with Crippen LogP contribution in [0, 0.1) is 0 Å². The molecule has 2 rings (SSSR count). The van der Waals surface area contributed by atoms with Crippen molar-refractivity contribution in [1.29, 1.82) is 0 Å². The minimum Gasteiger partial charge on any atom is -0.457 e. The number of allylic oxidation sites excluding steroid dienone is 4. The molecule has 0 N–H and O–H groups in total. The smallest absolute Gasteiger partial charge is 0.449 e. The summed E-state index contributed by atoms with van der Waals surface area (Å²) in [5, 5.41) is 0. The van der Waals surface area contributed by atoms with Crippen molar-refractivity contribution in [3.63, 3.8) is 0 Å². The zero-order valence-electron chi connectivity index (χ0n) is 9.87. The predicted octanol–water partition coefficient (Wildman–Crippen LogP) is 4.54. The van der Waals surface area contributed by atoms with E-state index < -0.39 is 11.9 Å². The maximum atomic E-state index is 12.8. The number of ether oxygens (including phenoxy) is 1. The maximum Gasteiger partial charge on any atom is 0.449 e. The molecule has 1 aromatic rings. The van der Waals surface area contributed by atoms with E-state index in [0.717, 1.165) is 11.6 Å². The van der Waals surface area contributed by atoms with Gasteiger partial charge in [-0.25, -0.2) is 0 Å². The van der Waals surface area contributed by atoms with Gasteiger partial charge >= 0.3 is 6.18 Å². The van der Waals surface area contributed by atoms with Crippen LogP contribution in [0.2, 0.25) is 0 Å². The molecular formula is C14H13F3O. The highest BCUT2D eigenvalue weighted by Gasteiger charge is 2.37. The minimum absolute atomic E-state index is 0.289. The zero-order valence-corrected chi connectivity index (χ0v) is 9.87. The minimum atomic E-state index is -4.45. The van der Waals surface area contributed by atoms with Crippen molar-refractivity contribution < 1.29 is 17.9 Å². The third kappa shape index (κ3) is 2.94. The molecular weight excluding hydrogens is 241 g/mol. The average Bonchev–Trinajstić information content (AvgIpc) is 2.52. The van der Waals surface area contributed by atoms with E-state index >= 15 is 0 Å². The van der Waals surface area contributed by atoms with Gasteiger partial charge < -0.3 is 4.74 Å². The SMILES string of the molecule is CC1=CCC(c2ccccc2)C=C(C(F)(F)F)O1. The van der Waals surface area contributed by atoms with Gasteiger partial charge in [0.05, 0.1) is 5.76 Å². The molecule has 0 aliphatic carbocycles. The van der Waals surface area contributed by atoms with Crippen LogP contribution in [0.5, 0.6) is 0 Å². The number of alkyl halides is 3. The van der Waals surface area contributed by atoms with Crippen molar-refractivity contribution in [2.45, 2.75) is 25.4 Å². The standard InChI is InChI=1S/C14H13F3O/c1-10-7-8-12(11-5-3-2-4-6-11)9-13(18-10)14(15,16)17/h2-7,9,12H,8H2,1H3. The summed E-state index contributed by atoms with van der Waals surface area (Å²) in [5.74, 6) is -0.945. The Kier molecular flexibility index (Phi) is 3.45. The van der Waals surface area contributed by atoms with Gasteiger partial charge in [0.15, 0.2) is 0 Å². The van der Waals surface area contributed by atoms with Crippen molar-refractivity contribution in [1.82, 2.24) is 0 Å². The van der Waals surface area contributed by atoms with E-state index in [1.165, 1.54) is 6.92 Å². The third-order valence-corrected chi connectivity index (χ3v) is 2.79. The number of rotatable bonds is 1. The van der Waals surface area contributed by atoms with E-state index in [9.17, 15) is 13.2 Å². The molecule has 1 aromatic carbocycles. The van der Waals surface area contributed by atoms with E-state index in [1.807, 2.05) is 30.3 Å². The van der Waals surface area contributed by atoms with E-state index in [1.54, 1.807) is 6.08 Å². The quantitative estimate of drug-likeness (QED) is 0.714. The lowest BCUT2D eigenvalue weighted by atomic mass is 9.95. The van der Waals surface area contributed by atoms with Crippen molar-refractivity contribution in [2.24, 2.45) is 0 Å². The molecule has 1 nitrogen and oxygen atoms in total. The number of hydrogen-bond donors (Lipinski definition) is 0. The second kappa shape index (κ2) is 4.88. The van der Waals surface area contributed by atoms with E-state index in [2.05, 4.69) is 0 Å². The highest BCUT2D eigenvalue weighted by atomic mass is 19.4. The molecule has 4 heteroatoms. The van der Waals surface area contributed by atoms with Crippen LogP contribution in [0.4, 0.5) is 13.2 Å². The van der Waals surface area contributed by atoms with Gasteiger partial charge in [0, 0.05) is 5.92 Å². The summed E-state index contributed by atoms with van der Waals surface area (Å²) in [6.45, 7) is 1.53. The van der Waals surface area contributed by atoms with Crippen LogP contribution in [0.15, 0.2) is 54.0 Å². The summed E-state index contributed by atoms with van der Waals surface area (Å²) in [6, 6.07) is 9.12. The van der Waals surface area contributed by atoms with Gasteiger partial charge in [-0.1, -0.05) is 30.3 Å². The summed E-state index contributed by atoms with van der Waals surface area (Å²) in [7, 11) is 0. The fourth-order valence-electron chi connectivity index (χ4n) is 1.88. The molecule has 0 amide bonds. The summed E-state index contributed by atoms with van der Waals surface area (Å²) in [6.07, 6.45) is -1.10. The molecule has 0 saturated carbocycles. The first kappa shape index (κ1) is 12.7. The predicted molar refractivity (Wildman–Crippen MR) is 62.8 cm³/mol. The first-order valence-electron chi connectivity index (χ1n) is 5.65. The molecule has 0 aromatic heterocycles. The van der Waals surface area contributed by atoms with Gasteiger partial charge in [0.1, 0.15) is 0 Å². The fraction of sp³-hybridized carbons (Fsp3) is 0.286. The van der Waals surface area contributed by atoms with Crippen molar-refractivity contribution >= 4 is 0 Å². The average molecular weight is 254 g/mol. The highest BCUT2D eigenvalue weighted by molar-refractivity contribution is 5.28. The Morgan fingerprint density at radius 1 is 1.17 bits per heavy atom. The largest absolute Gasteiger partial charge is 0.457 e. The van der Waals surface area contributed by atoms with Gasteiger partial charge in [-0.3, -0.25) is 0 Å². The number of hydrogen-bond acceptors (Lipinski definition) is 1. The van der Waals surface area contributed by atoms with Crippen LogP contribution in [0.1, 0.15) is 24.8 Å². The first-order valence-corrected chi connectivity index (χ1v) is 5.65. The van der Waals surface area contributed by atoms with Crippen molar-refractivity contribution in [3.05, 3.63) is 59.6 Å². The lowest BCUT2D eigenvalue weighted by Gasteiger charge is -2.14. The van der Waals surface area contributed by atoms with Gasteiger partial charge in [0.2, 0.25) is 5.76 Å². The Hall–Kier alpha value is -1.71. The Bertz CT molecular complexity index is 472. The Morgan fingerprint density at radius 2 is 1.83 bits per heavy atom. The molecule has 0 fully saturated rings. The summed E-state index contributed by atoms with van der Waals surface area (Å²) >= 11 is 0. The molecule has 18 heavy (non-hydrogen) atoms. The van der Waals surface area contributed by atoms with Crippen LogP contribution in [-0.4, -0.2) is 6.18 Å².